The van der Waals surface area contributed by atoms with Gasteiger partial charge in [-0.3, -0.25) is 14.6 Å². The van der Waals surface area contributed by atoms with Crippen molar-refractivity contribution in [1.82, 2.24) is 19.8 Å². The Kier molecular flexibility index (Phi) is 9.55. The summed E-state index contributed by atoms with van der Waals surface area (Å²) in [7, 11) is 0. The molecule has 2 unspecified atom stereocenters. The van der Waals surface area contributed by atoms with Crippen LogP contribution < -0.4 is 4.74 Å². The number of piperidine rings is 1. The minimum atomic E-state index is -0.624. The summed E-state index contributed by atoms with van der Waals surface area (Å²) in [5, 5.41) is 2.83. The van der Waals surface area contributed by atoms with Gasteiger partial charge in [-0.15, -0.1) is 11.3 Å². The second-order valence-electron chi connectivity index (χ2n) is 13.6. The molecule has 0 saturated carbocycles. The largest absolute Gasteiger partial charge is 0.489 e. The fraction of sp³-hybridized carbons (Fsp3) is 0.317. The summed E-state index contributed by atoms with van der Waals surface area (Å²) in [4.78, 5) is 39.5. The SMILES string of the molecule is C=CC(=O)N1CCc2ncc(-c3nc4c5ccsc5c3C3=CC=C(F)CC3OCC3CCN(CC/C=C/COc5cc(F)ccc5-4)C(=O)C3)cc2C1. The van der Waals surface area contributed by atoms with E-state index in [1.165, 1.54) is 35.6 Å². The number of benzene rings is 1. The number of amides is 2. The molecular weight excluding hydrogens is 683 g/mol. The van der Waals surface area contributed by atoms with Crippen LogP contribution in [0, 0.1) is 11.7 Å². The molecule has 0 spiro atoms. The van der Waals surface area contributed by atoms with Gasteiger partial charge in [-0.1, -0.05) is 24.8 Å². The summed E-state index contributed by atoms with van der Waals surface area (Å²) < 4.78 is 43.5. The van der Waals surface area contributed by atoms with E-state index in [-0.39, 0.29) is 36.6 Å². The third kappa shape index (κ3) is 6.70. The third-order valence-corrected chi connectivity index (χ3v) is 11.2. The van der Waals surface area contributed by atoms with Crippen LogP contribution in [0.2, 0.25) is 0 Å². The van der Waals surface area contributed by atoms with E-state index in [0.29, 0.717) is 74.7 Å². The van der Waals surface area contributed by atoms with Gasteiger partial charge in [0.05, 0.1) is 24.1 Å². The minimum absolute atomic E-state index is 0.0261. The molecule has 11 heteroatoms. The number of carbonyl (C=O) groups excluding carboxylic acids is 2. The minimum Gasteiger partial charge on any atom is -0.489 e. The first-order valence-electron chi connectivity index (χ1n) is 17.7. The lowest BCUT2D eigenvalue weighted by molar-refractivity contribution is -0.136. The average molecular weight is 721 g/mol. The van der Waals surface area contributed by atoms with E-state index in [1.807, 2.05) is 34.6 Å². The van der Waals surface area contributed by atoms with Gasteiger partial charge in [0.15, 0.2) is 0 Å². The topological polar surface area (TPSA) is 84.9 Å². The highest BCUT2D eigenvalue weighted by molar-refractivity contribution is 7.17. The number of nitrogens with zero attached hydrogens (tertiary/aromatic N) is 4. The summed E-state index contributed by atoms with van der Waals surface area (Å²) in [5.41, 5.74) is 5.97. The second-order valence-corrected chi connectivity index (χ2v) is 14.5. The lowest BCUT2D eigenvalue weighted by Crippen LogP contribution is -2.40. The molecule has 1 aliphatic carbocycles. The zero-order valence-electron chi connectivity index (χ0n) is 28.7. The van der Waals surface area contributed by atoms with Crippen LogP contribution in [0.3, 0.4) is 0 Å². The van der Waals surface area contributed by atoms with Gasteiger partial charge in [0.2, 0.25) is 11.8 Å². The van der Waals surface area contributed by atoms with Gasteiger partial charge in [-0.05, 0) is 71.7 Å². The molecule has 9 heterocycles. The Morgan fingerprint density at radius 3 is 2.83 bits per heavy atom. The maximum atomic E-state index is 15.1. The highest BCUT2D eigenvalue weighted by Gasteiger charge is 2.32. The van der Waals surface area contributed by atoms with Crippen LogP contribution in [0.1, 0.15) is 42.5 Å². The maximum absolute atomic E-state index is 15.1. The van der Waals surface area contributed by atoms with Crippen LogP contribution in [0.4, 0.5) is 8.78 Å². The third-order valence-electron chi connectivity index (χ3n) is 10.3. The number of rotatable bonds is 2. The summed E-state index contributed by atoms with van der Waals surface area (Å²) in [6.45, 7) is 6.38. The predicted molar refractivity (Wildman–Crippen MR) is 198 cm³/mol. The van der Waals surface area contributed by atoms with Gasteiger partial charge in [-0.2, -0.15) is 0 Å². The molecule has 1 fully saturated rings. The highest BCUT2D eigenvalue weighted by atomic mass is 32.1. The molecule has 4 aromatic rings. The van der Waals surface area contributed by atoms with E-state index in [9.17, 15) is 14.0 Å². The Morgan fingerprint density at radius 1 is 1.06 bits per heavy atom. The van der Waals surface area contributed by atoms with E-state index in [2.05, 4.69) is 6.58 Å². The second kappa shape index (κ2) is 14.6. The van der Waals surface area contributed by atoms with Crippen molar-refractivity contribution in [3.63, 3.8) is 0 Å². The van der Waals surface area contributed by atoms with Gasteiger partial charge in [-0.25, -0.2) is 13.8 Å². The van der Waals surface area contributed by atoms with Crippen LogP contribution in [0.5, 0.6) is 5.75 Å². The number of hydrogen-bond donors (Lipinski definition) is 0. The van der Waals surface area contributed by atoms with E-state index in [1.54, 1.807) is 23.2 Å². The molecule has 3 aromatic heterocycles. The van der Waals surface area contributed by atoms with Crippen LogP contribution in [0.15, 0.2) is 84.7 Å². The number of pyridine rings is 2. The van der Waals surface area contributed by atoms with Gasteiger partial charge >= 0.3 is 0 Å². The van der Waals surface area contributed by atoms with E-state index in [0.717, 1.165) is 44.5 Å². The van der Waals surface area contributed by atoms with Crippen LogP contribution in [-0.4, -0.2) is 70.5 Å². The lowest BCUT2D eigenvalue weighted by Gasteiger charge is -2.33. The Bertz CT molecular complexity index is 2170. The number of fused-ring (bicyclic) bond motifs is 1. The number of ether oxygens (including phenoxy) is 2. The van der Waals surface area contributed by atoms with Crippen molar-refractivity contribution < 1.29 is 27.8 Å². The first-order chi connectivity index (χ1) is 25.4. The number of halogens is 2. The lowest BCUT2D eigenvalue weighted by atomic mass is 9.88. The first kappa shape index (κ1) is 34.1. The zero-order valence-corrected chi connectivity index (χ0v) is 29.5. The Morgan fingerprint density at radius 2 is 1.96 bits per heavy atom. The van der Waals surface area contributed by atoms with Gasteiger partial charge in [0.25, 0.3) is 0 Å². The van der Waals surface area contributed by atoms with Crippen LogP contribution >= 0.6 is 11.3 Å². The van der Waals surface area contributed by atoms with Gasteiger partial charge < -0.3 is 19.3 Å². The molecule has 2 amide bonds. The van der Waals surface area contributed by atoms with Crippen molar-refractivity contribution in [2.45, 2.75) is 44.8 Å². The molecule has 1 aromatic carbocycles. The normalized spacial score (nSPS) is 21.4. The van der Waals surface area contributed by atoms with Crippen molar-refractivity contribution in [3.8, 4) is 28.3 Å². The Hall–Kier alpha value is -5.00. The smallest absolute Gasteiger partial charge is 0.246 e. The summed E-state index contributed by atoms with van der Waals surface area (Å²) in [6.07, 6.45) is 12.1. The molecule has 8 nitrogen and oxygen atoms in total. The average Bonchev–Trinajstić information content (AvgIpc) is 3.65. The molecule has 52 heavy (non-hydrogen) atoms. The molecular formula is C41H38F2N4O4S. The number of aromatic nitrogens is 2. The predicted octanol–water partition coefficient (Wildman–Crippen LogP) is 7.84. The number of allylic oxidation sites excluding steroid dienone is 2. The Labute approximate surface area is 304 Å². The molecule has 1 saturated heterocycles. The Balaban J connectivity index is 1.32. The number of hydrogen-bond acceptors (Lipinski definition) is 7. The van der Waals surface area contributed by atoms with Crippen LogP contribution in [-0.2, 0) is 27.3 Å². The maximum Gasteiger partial charge on any atom is 0.246 e. The van der Waals surface area contributed by atoms with E-state index >= 15 is 4.39 Å². The summed E-state index contributed by atoms with van der Waals surface area (Å²) in [5.74, 6) is -0.402. The summed E-state index contributed by atoms with van der Waals surface area (Å²) in [6, 6.07) is 8.48. The molecule has 6 aliphatic heterocycles. The van der Waals surface area contributed by atoms with Crippen molar-refractivity contribution in [3.05, 3.63) is 107 Å². The zero-order chi connectivity index (χ0) is 35.8. The molecule has 11 rings (SSSR count). The summed E-state index contributed by atoms with van der Waals surface area (Å²) >= 11 is 1.54. The molecule has 0 N–H and O–H groups in total. The van der Waals surface area contributed by atoms with Crippen molar-refractivity contribution in [1.29, 1.82) is 0 Å². The fourth-order valence-corrected chi connectivity index (χ4v) is 8.52. The van der Waals surface area contributed by atoms with E-state index < -0.39 is 11.9 Å². The first-order valence-corrected chi connectivity index (χ1v) is 18.6. The molecule has 0 radical (unpaired) electrons. The van der Waals surface area contributed by atoms with Gasteiger partial charge in [0.1, 0.15) is 24.0 Å². The van der Waals surface area contributed by atoms with Crippen molar-refractivity contribution >= 4 is 38.8 Å². The highest BCUT2D eigenvalue weighted by Crippen LogP contribution is 2.46. The quantitative estimate of drug-likeness (QED) is 0.155. The van der Waals surface area contributed by atoms with Crippen molar-refractivity contribution in [2.75, 3.05) is 32.8 Å². The molecule has 2 atom stereocenters. The van der Waals surface area contributed by atoms with E-state index in [4.69, 9.17) is 19.4 Å². The number of thiophene rings is 1. The number of carbonyl (C=O) groups is 2. The van der Waals surface area contributed by atoms with Crippen molar-refractivity contribution in [2.24, 2.45) is 5.92 Å². The van der Waals surface area contributed by atoms with Crippen LogP contribution in [0.25, 0.3) is 38.2 Å². The fourth-order valence-electron chi connectivity index (χ4n) is 7.55. The molecule has 266 valence electrons. The van der Waals surface area contributed by atoms with Gasteiger partial charge in [0, 0.05) is 90.2 Å². The molecule has 4 bridgehead atoms. The monoisotopic (exact) mass is 720 g/mol. The standard InChI is InChI=1S/C41H38F2N4O4S/c1-2-36(48)47-15-11-33-27(23-47)19-26(22-44-33)39-38-30-8-6-28(42)20-34(30)51-24-25-10-14-46(37(49)18-25)13-4-3-5-16-50-35-21-29(43)7-9-31(35)40(45-39)32-12-17-52-41(32)38/h2-3,5-9,12,17,19,21-22,25,34H,1,4,10-11,13-16,18,20,23-24H2/b5-3+. The molecule has 7 aliphatic rings.